The minimum Gasteiger partial charge on any atom is -0.385 e. The molecule has 0 radical (unpaired) electrons. The van der Waals surface area contributed by atoms with Gasteiger partial charge in [-0.3, -0.25) is 0 Å². The second-order valence-electron chi connectivity index (χ2n) is 3.01. The second kappa shape index (κ2) is 3.66. The Labute approximate surface area is 77.6 Å². The molecule has 0 saturated heterocycles. The van der Waals surface area contributed by atoms with Crippen molar-refractivity contribution in [2.75, 3.05) is 18.5 Å². The molecule has 0 aliphatic carbocycles. The lowest BCUT2D eigenvalue weighted by atomic mass is 10.1. The van der Waals surface area contributed by atoms with Gasteiger partial charge in [0.2, 0.25) is 0 Å². The molecular formula is C10H13NO2. The van der Waals surface area contributed by atoms with Crippen molar-refractivity contribution in [3.63, 3.8) is 0 Å². The van der Waals surface area contributed by atoms with E-state index in [2.05, 4.69) is 24.4 Å². The van der Waals surface area contributed by atoms with Crippen molar-refractivity contribution in [3.8, 4) is 5.75 Å². The van der Waals surface area contributed by atoms with E-state index in [1.54, 1.807) is 0 Å². The topological polar surface area (TPSA) is 30.5 Å². The first-order valence-electron chi connectivity index (χ1n) is 4.56. The highest BCUT2D eigenvalue weighted by Gasteiger charge is 2.11. The molecule has 1 aromatic carbocycles. The Hall–Kier alpha value is -1.22. The summed E-state index contributed by atoms with van der Waals surface area (Å²) >= 11 is 0. The molecule has 13 heavy (non-hydrogen) atoms. The Balaban J connectivity index is 2.24. The normalized spacial score (nSPS) is 14.5. The zero-order valence-corrected chi connectivity index (χ0v) is 7.67. The van der Waals surface area contributed by atoms with Crippen molar-refractivity contribution in [2.24, 2.45) is 0 Å². The number of nitrogens with one attached hydrogen (secondary N) is 1. The maximum atomic E-state index is 5.07. The van der Waals surface area contributed by atoms with Gasteiger partial charge in [-0.1, -0.05) is 6.07 Å². The molecule has 1 aliphatic rings. The molecule has 0 aromatic heterocycles. The summed E-state index contributed by atoms with van der Waals surface area (Å²) in [4.78, 5) is 9.97. The summed E-state index contributed by atoms with van der Waals surface area (Å²) in [6.45, 7) is 3.63. The predicted molar refractivity (Wildman–Crippen MR) is 50.9 cm³/mol. The first kappa shape index (κ1) is 8.38. The van der Waals surface area contributed by atoms with E-state index in [0.29, 0.717) is 6.61 Å². The van der Waals surface area contributed by atoms with Crippen molar-refractivity contribution in [1.82, 2.24) is 0 Å². The van der Waals surface area contributed by atoms with E-state index in [0.717, 1.165) is 24.4 Å². The van der Waals surface area contributed by atoms with E-state index < -0.39 is 0 Å². The van der Waals surface area contributed by atoms with Crippen LogP contribution < -0.4 is 10.2 Å². The first-order chi connectivity index (χ1) is 6.40. The summed E-state index contributed by atoms with van der Waals surface area (Å²) in [6.07, 6.45) is 0.932. The Kier molecular flexibility index (Phi) is 2.36. The van der Waals surface area contributed by atoms with Gasteiger partial charge in [-0.25, -0.2) is 0 Å². The Morgan fingerprint density at radius 3 is 3.23 bits per heavy atom. The summed E-state index contributed by atoms with van der Waals surface area (Å²) in [5.41, 5.74) is 2.29. The quantitative estimate of drug-likeness (QED) is 0.704. The Morgan fingerprint density at radius 1 is 1.46 bits per heavy atom. The molecule has 0 atom stereocenters. The maximum absolute atomic E-state index is 5.07. The van der Waals surface area contributed by atoms with Crippen molar-refractivity contribution >= 4 is 5.69 Å². The van der Waals surface area contributed by atoms with Crippen LogP contribution in [0.15, 0.2) is 18.2 Å². The average Bonchev–Trinajstić information content (AvgIpc) is 2.18. The third-order valence-corrected chi connectivity index (χ3v) is 2.05. The fraction of sp³-hybridized carbons (Fsp3) is 0.400. The van der Waals surface area contributed by atoms with E-state index in [-0.39, 0.29) is 0 Å². The van der Waals surface area contributed by atoms with Gasteiger partial charge in [0.1, 0.15) is 0 Å². The average molecular weight is 179 g/mol. The molecule has 0 spiro atoms. The maximum Gasteiger partial charge on any atom is 0.170 e. The molecule has 1 N–H and O–H groups in total. The zero-order chi connectivity index (χ0) is 9.10. The largest absolute Gasteiger partial charge is 0.385 e. The Bertz CT molecular complexity index is 299. The fourth-order valence-corrected chi connectivity index (χ4v) is 1.41. The molecule has 1 heterocycles. The third-order valence-electron chi connectivity index (χ3n) is 2.05. The van der Waals surface area contributed by atoms with E-state index in [4.69, 9.17) is 9.78 Å². The molecule has 70 valence electrons. The van der Waals surface area contributed by atoms with Gasteiger partial charge in [0.15, 0.2) is 5.75 Å². The summed E-state index contributed by atoms with van der Waals surface area (Å²) < 4.78 is 0. The summed E-state index contributed by atoms with van der Waals surface area (Å²) in [5.74, 6) is 0.838. The number of anilines is 1. The van der Waals surface area contributed by atoms with Crippen molar-refractivity contribution in [3.05, 3.63) is 23.8 Å². The number of hydrogen-bond acceptors (Lipinski definition) is 3. The molecule has 1 aliphatic heterocycles. The van der Waals surface area contributed by atoms with Gasteiger partial charge >= 0.3 is 0 Å². The van der Waals surface area contributed by atoms with Gasteiger partial charge in [-0.2, -0.15) is 4.89 Å². The molecule has 1 aromatic rings. The van der Waals surface area contributed by atoms with Crippen LogP contribution in [0.4, 0.5) is 5.69 Å². The van der Waals surface area contributed by atoms with Gasteiger partial charge in [0, 0.05) is 30.3 Å². The van der Waals surface area contributed by atoms with Crippen LogP contribution in [0, 0.1) is 0 Å². The molecular weight excluding hydrogens is 166 g/mol. The lowest BCUT2D eigenvalue weighted by Crippen LogP contribution is -2.11. The van der Waals surface area contributed by atoms with Gasteiger partial charge < -0.3 is 10.2 Å². The SMILES string of the molecule is CCNc1ccc2c(c1)OOCC2. The smallest absolute Gasteiger partial charge is 0.170 e. The number of rotatable bonds is 2. The molecule has 0 saturated carbocycles. The minimum atomic E-state index is 0.646. The second-order valence-corrected chi connectivity index (χ2v) is 3.01. The predicted octanol–water partition coefficient (Wildman–Crippen LogP) is 1.98. The number of fused-ring (bicyclic) bond motifs is 1. The molecule has 3 nitrogen and oxygen atoms in total. The first-order valence-corrected chi connectivity index (χ1v) is 4.56. The van der Waals surface area contributed by atoms with Crippen LogP contribution in [0.3, 0.4) is 0 Å². The standard InChI is InChI=1S/C10H13NO2/c1-2-11-9-4-3-8-5-6-12-13-10(8)7-9/h3-4,7,11H,2,5-6H2,1H3. The molecule has 2 rings (SSSR count). The highest BCUT2D eigenvalue weighted by atomic mass is 17.2. The van der Waals surface area contributed by atoms with Gasteiger partial charge in [0.25, 0.3) is 0 Å². The van der Waals surface area contributed by atoms with Crippen LogP contribution in [0.5, 0.6) is 5.75 Å². The fourth-order valence-electron chi connectivity index (χ4n) is 1.41. The van der Waals surface area contributed by atoms with Crippen LogP contribution in [0.25, 0.3) is 0 Å². The Morgan fingerprint density at radius 2 is 2.38 bits per heavy atom. The van der Waals surface area contributed by atoms with E-state index in [1.165, 1.54) is 5.56 Å². The van der Waals surface area contributed by atoms with E-state index >= 15 is 0 Å². The monoisotopic (exact) mass is 179 g/mol. The van der Waals surface area contributed by atoms with Crippen LogP contribution in [-0.2, 0) is 11.3 Å². The molecule has 3 heteroatoms. The van der Waals surface area contributed by atoms with Gasteiger partial charge in [0.05, 0.1) is 6.61 Å². The minimum absolute atomic E-state index is 0.646. The van der Waals surface area contributed by atoms with Crippen molar-refractivity contribution in [1.29, 1.82) is 0 Å². The molecule has 0 fully saturated rings. The highest BCUT2D eigenvalue weighted by Crippen LogP contribution is 2.26. The third kappa shape index (κ3) is 1.75. The lowest BCUT2D eigenvalue weighted by molar-refractivity contribution is -0.215. The van der Waals surface area contributed by atoms with Crippen LogP contribution in [-0.4, -0.2) is 13.2 Å². The van der Waals surface area contributed by atoms with Crippen molar-refractivity contribution in [2.45, 2.75) is 13.3 Å². The van der Waals surface area contributed by atoms with E-state index in [1.807, 2.05) is 6.07 Å². The number of hydrogen-bond donors (Lipinski definition) is 1. The molecule has 0 unspecified atom stereocenters. The van der Waals surface area contributed by atoms with Crippen LogP contribution in [0.2, 0.25) is 0 Å². The summed E-state index contributed by atoms with van der Waals surface area (Å²) in [6, 6.07) is 6.12. The highest BCUT2D eigenvalue weighted by molar-refractivity contribution is 5.51. The van der Waals surface area contributed by atoms with Gasteiger partial charge in [-0.15, -0.1) is 0 Å². The lowest BCUT2D eigenvalue weighted by Gasteiger charge is -2.16. The molecule has 0 bridgehead atoms. The zero-order valence-electron chi connectivity index (χ0n) is 7.67. The number of benzene rings is 1. The van der Waals surface area contributed by atoms with Crippen LogP contribution >= 0.6 is 0 Å². The van der Waals surface area contributed by atoms with Crippen molar-refractivity contribution < 1.29 is 9.78 Å². The van der Waals surface area contributed by atoms with Gasteiger partial charge in [-0.05, 0) is 13.0 Å². The summed E-state index contributed by atoms with van der Waals surface area (Å²) in [5, 5.41) is 3.22. The molecule has 0 amide bonds. The summed E-state index contributed by atoms with van der Waals surface area (Å²) in [7, 11) is 0. The van der Waals surface area contributed by atoms with Crippen LogP contribution in [0.1, 0.15) is 12.5 Å². The van der Waals surface area contributed by atoms with E-state index in [9.17, 15) is 0 Å².